The van der Waals surface area contributed by atoms with E-state index in [2.05, 4.69) is 37.2 Å². The largest absolute Gasteiger partial charge is 0.496 e. The maximum Gasteiger partial charge on any atom is 0.330 e. The number of carboxylic acid groups (broad SMARTS) is 1. The summed E-state index contributed by atoms with van der Waals surface area (Å²) in [5.41, 5.74) is 1.26. The molecule has 0 aromatic heterocycles. The fourth-order valence-electron chi connectivity index (χ4n) is 1.95. The van der Waals surface area contributed by atoms with Gasteiger partial charge in [-0.05, 0) is 36.4 Å². The normalized spacial score (nSPS) is 11.8. The first-order chi connectivity index (χ1) is 10.0. The van der Waals surface area contributed by atoms with E-state index >= 15 is 0 Å². The van der Waals surface area contributed by atoms with Crippen molar-refractivity contribution < 1.29 is 14.6 Å². The third kappa shape index (κ3) is 3.98. The fourth-order valence-corrected chi connectivity index (χ4v) is 2.73. The Labute approximate surface area is 139 Å². The van der Waals surface area contributed by atoms with E-state index in [1.807, 2.05) is 24.3 Å². The molecule has 0 saturated carbocycles. The molecule has 0 radical (unpaired) electrons. The molecule has 0 bridgehead atoms. The maximum atomic E-state index is 11.6. The third-order valence-electron chi connectivity index (χ3n) is 2.89. The zero-order valence-corrected chi connectivity index (χ0v) is 14.3. The lowest BCUT2D eigenvalue weighted by Gasteiger charge is -2.19. The molecule has 2 N–H and O–H groups in total. The van der Waals surface area contributed by atoms with Gasteiger partial charge in [-0.25, -0.2) is 4.79 Å². The van der Waals surface area contributed by atoms with Crippen molar-refractivity contribution in [1.82, 2.24) is 0 Å². The summed E-state index contributed by atoms with van der Waals surface area (Å²) < 4.78 is 6.92. The number of halogens is 2. The molecule has 0 heterocycles. The molecule has 2 aromatic carbocycles. The van der Waals surface area contributed by atoms with Gasteiger partial charge in [0, 0.05) is 20.2 Å². The zero-order valence-electron chi connectivity index (χ0n) is 11.1. The van der Waals surface area contributed by atoms with E-state index in [0.717, 1.165) is 8.95 Å². The van der Waals surface area contributed by atoms with Crippen LogP contribution in [0.2, 0.25) is 0 Å². The van der Waals surface area contributed by atoms with Crippen LogP contribution >= 0.6 is 31.9 Å². The number of hydrogen-bond donors (Lipinski definition) is 2. The minimum Gasteiger partial charge on any atom is -0.496 e. The Morgan fingerprint density at radius 3 is 2.52 bits per heavy atom. The molecule has 2 aromatic rings. The number of rotatable bonds is 5. The van der Waals surface area contributed by atoms with Crippen LogP contribution in [-0.4, -0.2) is 18.2 Å². The third-order valence-corrected chi connectivity index (χ3v) is 3.87. The fraction of sp³-hybridized carbons (Fsp3) is 0.133. The number of nitrogens with one attached hydrogen (secondary N) is 1. The van der Waals surface area contributed by atoms with Crippen molar-refractivity contribution in [1.29, 1.82) is 0 Å². The minimum absolute atomic E-state index is 0.521. The van der Waals surface area contributed by atoms with Gasteiger partial charge in [-0.2, -0.15) is 0 Å². The van der Waals surface area contributed by atoms with Crippen molar-refractivity contribution >= 4 is 43.5 Å². The quantitative estimate of drug-likeness (QED) is 0.758. The molecule has 0 aliphatic rings. The van der Waals surface area contributed by atoms with Crippen molar-refractivity contribution in [2.24, 2.45) is 0 Å². The Hall–Kier alpha value is -1.53. The summed E-state index contributed by atoms with van der Waals surface area (Å²) in [7, 11) is 1.52. The first-order valence-corrected chi connectivity index (χ1v) is 7.68. The zero-order chi connectivity index (χ0) is 15.4. The summed E-state index contributed by atoms with van der Waals surface area (Å²) in [5.74, 6) is -0.459. The van der Waals surface area contributed by atoms with E-state index < -0.39 is 12.0 Å². The molecule has 2 rings (SSSR count). The van der Waals surface area contributed by atoms with Crippen LogP contribution in [0.3, 0.4) is 0 Å². The first kappa shape index (κ1) is 15.9. The van der Waals surface area contributed by atoms with E-state index in [9.17, 15) is 9.90 Å². The number of aliphatic carboxylic acids is 1. The summed E-state index contributed by atoms with van der Waals surface area (Å²) in [5, 5.41) is 12.5. The topological polar surface area (TPSA) is 58.6 Å². The Morgan fingerprint density at radius 2 is 1.90 bits per heavy atom. The van der Waals surface area contributed by atoms with Gasteiger partial charge in [-0.3, -0.25) is 0 Å². The molecule has 110 valence electrons. The number of methoxy groups -OCH3 is 1. The van der Waals surface area contributed by atoms with Crippen LogP contribution in [0.5, 0.6) is 5.75 Å². The molecule has 0 saturated heterocycles. The Kier molecular flexibility index (Phi) is 5.25. The van der Waals surface area contributed by atoms with E-state index in [-0.39, 0.29) is 0 Å². The van der Waals surface area contributed by atoms with Gasteiger partial charge in [0.2, 0.25) is 0 Å². The minimum atomic E-state index is -0.980. The number of anilines is 1. The summed E-state index contributed by atoms with van der Waals surface area (Å²) in [6.07, 6.45) is 0. The van der Waals surface area contributed by atoms with Crippen LogP contribution in [-0.2, 0) is 4.79 Å². The van der Waals surface area contributed by atoms with Gasteiger partial charge in [-0.15, -0.1) is 0 Å². The molecule has 1 unspecified atom stereocenters. The van der Waals surface area contributed by atoms with E-state index in [0.29, 0.717) is 17.0 Å². The predicted octanol–water partition coefficient (Wildman–Crippen LogP) is 4.46. The lowest BCUT2D eigenvalue weighted by Crippen LogP contribution is -2.21. The number of carbonyl (C=O) groups is 1. The highest BCUT2D eigenvalue weighted by atomic mass is 79.9. The maximum absolute atomic E-state index is 11.6. The van der Waals surface area contributed by atoms with Gasteiger partial charge in [0.1, 0.15) is 5.75 Å². The monoisotopic (exact) mass is 413 g/mol. The van der Waals surface area contributed by atoms with E-state index in [4.69, 9.17) is 4.74 Å². The average molecular weight is 415 g/mol. The second-order valence-corrected chi connectivity index (χ2v) is 6.14. The highest BCUT2D eigenvalue weighted by molar-refractivity contribution is 9.10. The number of ether oxygens (including phenoxy) is 1. The highest BCUT2D eigenvalue weighted by Crippen LogP contribution is 2.31. The predicted molar refractivity (Wildman–Crippen MR) is 88.8 cm³/mol. The summed E-state index contributed by atoms with van der Waals surface area (Å²) in [6.45, 7) is 0. The van der Waals surface area contributed by atoms with Crippen LogP contribution in [0.4, 0.5) is 5.69 Å². The molecule has 6 heteroatoms. The van der Waals surface area contributed by atoms with Crippen molar-refractivity contribution in [3.8, 4) is 5.75 Å². The first-order valence-electron chi connectivity index (χ1n) is 6.09. The number of benzene rings is 2. The standard InChI is InChI=1S/C15H13Br2NO3/c1-21-13-6-5-10(17)8-12(13)14(15(19)20)18-11-4-2-3-9(16)7-11/h2-8,14,18H,1H3,(H,19,20). The van der Waals surface area contributed by atoms with E-state index in [1.165, 1.54) is 7.11 Å². The molecular formula is C15H13Br2NO3. The van der Waals surface area contributed by atoms with Gasteiger partial charge in [0.05, 0.1) is 7.11 Å². The van der Waals surface area contributed by atoms with Crippen LogP contribution < -0.4 is 10.1 Å². The summed E-state index contributed by atoms with van der Waals surface area (Å²) in [6, 6.07) is 11.7. The Bertz CT molecular complexity index is 661. The van der Waals surface area contributed by atoms with Crippen LogP contribution in [0.1, 0.15) is 11.6 Å². The van der Waals surface area contributed by atoms with Gasteiger partial charge < -0.3 is 15.2 Å². The number of carboxylic acids is 1. The van der Waals surface area contributed by atoms with Crippen LogP contribution in [0.15, 0.2) is 51.4 Å². The van der Waals surface area contributed by atoms with Gasteiger partial charge in [-0.1, -0.05) is 37.9 Å². The lowest BCUT2D eigenvalue weighted by molar-refractivity contribution is -0.138. The highest BCUT2D eigenvalue weighted by Gasteiger charge is 2.23. The Balaban J connectivity index is 2.40. The molecule has 0 spiro atoms. The SMILES string of the molecule is COc1ccc(Br)cc1C(Nc1cccc(Br)c1)C(=O)O. The average Bonchev–Trinajstić information content (AvgIpc) is 2.44. The van der Waals surface area contributed by atoms with Crippen molar-refractivity contribution in [3.63, 3.8) is 0 Å². The summed E-state index contributed by atoms with van der Waals surface area (Å²) in [4.78, 5) is 11.6. The molecule has 0 amide bonds. The van der Waals surface area contributed by atoms with Crippen LogP contribution in [0, 0.1) is 0 Å². The smallest absolute Gasteiger partial charge is 0.330 e. The van der Waals surface area contributed by atoms with E-state index in [1.54, 1.807) is 18.2 Å². The molecule has 1 atom stereocenters. The molecule has 0 aliphatic carbocycles. The van der Waals surface area contributed by atoms with Crippen molar-refractivity contribution in [2.45, 2.75) is 6.04 Å². The molecule has 21 heavy (non-hydrogen) atoms. The second kappa shape index (κ2) is 6.95. The van der Waals surface area contributed by atoms with Gasteiger partial charge in [0.15, 0.2) is 6.04 Å². The molecule has 0 fully saturated rings. The van der Waals surface area contributed by atoms with Crippen molar-refractivity contribution in [3.05, 3.63) is 57.0 Å². The van der Waals surface area contributed by atoms with Gasteiger partial charge in [0.25, 0.3) is 0 Å². The number of hydrogen-bond acceptors (Lipinski definition) is 3. The van der Waals surface area contributed by atoms with Gasteiger partial charge >= 0.3 is 5.97 Å². The Morgan fingerprint density at radius 1 is 1.19 bits per heavy atom. The lowest BCUT2D eigenvalue weighted by atomic mass is 10.1. The molecule has 4 nitrogen and oxygen atoms in total. The molecular weight excluding hydrogens is 402 g/mol. The van der Waals surface area contributed by atoms with Crippen LogP contribution in [0.25, 0.3) is 0 Å². The molecule has 0 aliphatic heterocycles. The summed E-state index contributed by atoms with van der Waals surface area (Å²) >= 11 is 6.72. The van der Waals surface area contributed by atoms with Crippen molar-refractivity contribution in [2.75, 3.05) is 12.4 Å². The second-order valence-electron chi connectivity index (χ2n) is 4.31.